The molecule has 4 rings (SSSR count). The van der Waals surface area contributed by atoms with Gasteiger partial charge in [-0.2, -0.15) is 5.26 Å². The molecule has 3 aromatic carbocycles. The van der Waals surface area contributed by atoms with Crippen molar-refractivity contribution in [1.29, 1.82) is 5.26 Å². The van der Waals surface area contributed by atoms with Gasteiger partial charge in [-0.15, -0.1) is 0 Å². The average molecular weight is 320 g/mol. The van der Waals surface area contributed by atoms with Crippen LogP contribution in [0.5, 0.6) is 0 Å². The summed E-state index contributed by atoms with van der Waals surface area (Å²) in [5.74, 6) is 0. The first-order chi connectivity index (χ1) is 12.3. The van der Waals surface area contributed by atoms with Crippen LogP contribution in [-0.4, -0.2) is 4.98 Å². The molecule has 0 aliphatic carbocycles. The minimum Gasteiger partial charge on any atom is -0.355 e. The molecule has 4 aromatic rings. The van der Waals surface area contributed by atoms with Gasteiger partial charge in [0.1, 0.15) is 0 Å². The Kier molecular flexibility index (Phi) is 3.90. The quantitative estimate of drug-likeness (QED) is 0.488. The van der Waals surface area contributed by atoms with E-state index in [9.17, 15) is 0 Å². The van der Waals surface area contributed by atoms with Crippen molar-refractivity contribution in [3.05, 3.63) is 107 Å². The van der Waals surface area contributed by atoms with Crippen LogP contribution in [0.4, 0.5) is 0 Å². The molecule has 25 heavy (non-hydrogen) atoms. The standard InChI is InChI=1S/C23H16N2/c24-16-18-12-10-17(11-13-18)14-21(19-6-2-1-3-7-19)23-15-20-8-4-5-9-22(20)25-23/h1-15,25H/b21-14-. The molecule has 0 aliphatic rings. The number of benzene rings is 3. The summed E-state index contributed by atoms with van der Waals surface area (Å²) in [6, 6.07) is 30.6. The number of aromatic amines is 1. The van der Waals surface area contributed by atoms with E-state index in [-0.39, 0.29) is 0 Å². The molecule has 2 nitrogen and oxygen atoms in total. The van der Waals surface area contributed by atoms with Gasteiger partial charge >= 0.3 is 0 Å². The van der Waals surface area contributed by atoms with E-state index in [4.69, 9.17) is 5.26 Å². The topological polar surface area (TPSA) is 39.6 Å². The van der Waals surface area contributed by atoms with Gasteiger partial charge < -0.3 is 4.98 Å². The van der Waals surface area contributed by atoms with Gasteiger partial charge in [0.15, 0.2) is 0 Å². The van der Waals surface area contributed by atoms with Crippen LogP contribution in [0, 0.1) is 11.3 Å². The highest BCUT2D eigenvalue weighted by molar-refractivity contribution is 5.94. The second kappa shape index (κ2) is 6.51. The van der Waals surface area contributed by atoms with E-state index in [0.29, 0.717) is 5.56 Å². The number of para-hydroxylation sites is 1. The van der Waals surface area contributed by atoms with Gasteiger partial charge in [0.2, 0.25) is 0 Å². The van der Waals surface area contributed by atoms with E-state index < -0.39 is 0 Å². The number of nitriles is 1. The summed E-state index contributed by atoms with van der Waals surface area (Å²) >= 11 is 0. The molecule has 0 unspecified atom stereocenters. The second-order valence-electron chi connectivity index (χ2n) is 5.93. The van der Waals surface area contributed by atoms with Crippen LogP contribution in [0.2, 0.25) is 0 Å². The molecular weight excluding hydrogens is 304 g/mol. The number of fused-ring (bicyclic) bond motifs is 1. The Morgan fingerprint density at radius 3 is 2.28 bits per heavy atom. The Bertz CT molecular complexity index is 1050. The van der Waals surface area contributed by atoms with Crippen LogP contribution in [0.3, 0.4) is 0 Å². The molecule has 1 N–H and O–H groups in total. The van der Waals surface area contributed by atoms with E-state index in [1.165, 1.54) is 5.39 Å². The number of hydrogen-bond donors (Lipinski definition) is 1. The van der Waals surface area contributed by atoms with Gasteiger partial charge in [0.25, 0.3) is 0 Å². The molecule has 0 amide bonds. The summed E-state index contributed by atoms with van der Waals surface area (Å²) in [7, 11) is 0. The number of nitrogens with zero attached hydrogens (tertiary/aromatic N) is 1. The van der Waals surface area contributed by atoms with Crippen LogP contribution in [-0.2, 0) is 0 Å². The number of aromatic nitrogens is 1. The van der Waals surface area contributed by atoms with Crippen molar-refractivity contribution in [3.8, 4) is 6.07 Å². The number of hydrogen-bond acceptors (Lipinski definition) is 1. The zero-order valence-corrected chi connectivity index (χ0v) is 13.6. The van der Waals surface area contributed by atoms with Gasteiger partial charge in [-0.25, -0.2) is 0 Å². The van der Waals surface area contributed by atoms with Crippen molar-refractivity contribution >= 4 is 22.6 Å². The lowest BCUT2D eigenvalue weighted by Crippen LogP contribution is -1.88. The molecule has 0 atom stereocenters. The van der Waals surface area contributed by atoms with Gasteiger partial charge in [-0.05, 0) is 41.5 Å². The van der Waals surface area contributed by atoms with Crippen LogP contribution in [0.25, 0.3) is 22.6 Å². The number of rotatable bonds is 3. The van der Waals surface area contributed by atoms with E-state index in [2.05, 4.69) is 47.5 Å². The van der Waals surface area contributed by atoms with Crippen LogP contribution in [0.1, 0.15) is 22.4 Å². The fourth-order valence-electron chi connectivity index (χ4n) is 2.97. The molecule has 1 heterocycles. The van der Waals surface area contributed by atoms with E-state index in [1.807, 2.05) is 54.6 Å². The molecule has 0 saturated carbocycles. The Morgan fingerprint density at radius 2 is 1.56 bits per heavy atom. The fourth-order valence-corrected chi connectivity index (χ4v) is 2.97. The smallest absolute Gasteiger partial charge is 0.0991 e. The highest BCUT2D eigenvalue weighted by Crippen LogP contribution is 2.28. The maximum Gasteiger partial charge on any atom is 0.0991 e. The van der Waals surface area contributed by atoms with E-state index in [1.54, 1.807) is 0 Å². The Hall–Kier alpha value is -3.57. The van der Waals surface area contributed by atoms with Gasteiger partial charge in [-0.1, -0.05) is 60.7 Å². The summed E-state index contributed by atoms with van der Waals surface area (Å²) < 4.78 is 0. The summed E-state index contributed by atoms with van der Waals surface area (Å²) in [5.41, 5.74) is 6.22. The van der Waals surface area contributed by atoms with E-state index in [0.717, 1.165) is 27.9 Å². The SMILES string of the molecule is N#Cc1ccc(/C=C(/c2ccccc2)c2cc3ccccc3[nH]2)cc1. The summed E-state index contributed by atoms with van der Waals surface area (Å²) in [6.45, 7) is 0. The Balaban J connectivity index is 1.86. The lowest BCUT2D eigenvalue weighted by molar-refractivity contribution is 1.39. The highest BCUT2D eigenvalue weighted by Gasteiger charge is 2.08. The highest BCUT2D eigenvalue weighted by atomic mass is 14.7. The lowest BCUT2D eigenvalue weighted by Gasteiger charge is -2.07. The predicted molar refractivity (Wildman–Crippen MR) is 103 cm³/mol. The second-order valence-corrected chi connectivity index (χ2v) is 5.93. The minimum atomic E-state index is 0.670. The van der Waals surface area contributed by atoms with Crippen LogP contribution in [0.15, 0.2) is 84.9 Å². The molecule has 118 valence electrons. The van der Waals surface area contributed by atoms with Crippen molar-refractivity contribution in [2.24, 2.45) is 0 Å². The zero-order chi connectivity index (χ0) is 17.1. The van der Waals surface area contributed by atoms with Gasteiger partial charge in [-0.3, -0.25) is 0 Å². The maximum absolute atomic E-state index is 8.98. The molecule has 0 saturated heterocycles. The normalized spacial score (nSPS) is 11.4. The fraction of sp³-hybridized carbons (Fsp3) is 0. The maximum atomic E-state index is 8.98. The molecule has 0 spiro atoms. The van der Waals surface area contributed by atoms with Crippen molar-refractivity contribution in [2.75, 3.05) is 0 Å². The van der Waals surface area contributed by atoms with Gasteiger partial charge in [0.05, 0.1) is 11.6 Å². The first kappa shape index (κ1) is 15.0. The largest absolute Gasteiger partial charge is 0.355 e. The third-order valence-corrected chi connectivity index (χ3v) is 4.26. The lowest BCUT2D eigenvalue weighted by atomic mass is 9.99. The average Bonchev–Trinajstić information content (AvgIpc) is 3.11. The zero-order valence-electron chi connectivity index (χ0n) is 13.6. The van der Waals surface area contributed by atoms with Crippen molar-refractivity contribution in [2.45, 2.75) is 0 Å². The first-order valence-electron chi connectivity index (χ1n) is 8.19. The first-order valence-corrected chi connectivity index (χ1v) is 8.19. The number of H-pyrrole nitrogens is 1. The molecule has 2 heteroatoms. The monoisotopic (exact) mass is 320 g/mol. The Morgan fingerprint density at radius 1 is 0.840 bits per heavy atom. The molecule has 1 aromatic heterocycles. The van der Waals surface area contributed by atoms with Crippen molar-refractivity contribution < 1.29 is 0 Å². The molecule has 0 radical (unpaired) electrons. The van der Waals surface area contributed by atoms with E-state index >= 15 is 0 Å². The molecule has 0 aliphatic heterocycles. The Labute approximate surface area is 146 Å². The summed E-state index contributed by atoms with van der Waals surface area (Å²) in [5, 5.41) is 10.2. The third kappa shape index (κ3) is 3.08. The van der Waals surface area contributed by atoms with Crippen molar-refractivity contribution in [1.82, 2.24) is 4.98 Å². The molecule has 0 bridgehead atoms. The van der Waals surface area contributed by atoms with Crippen molar-refractivity contribution in [3.63, 3.8) is 0 Å². The summed E-state index contributed by atoms with van der Waals surface area (Å²) in [6.07, 6.45) is 2.15. The van der Waals surface area contributed by atoms with Crippen LogP contribution >= 0.6 is 0 Å². The summed E-state index contributed by atoms with van der Waals surface area (Å²) in [4.78, 5) is 3.52. The molecule has 0 fully saturated rings. The molecular formula is C23H16N2. The van der Waals surface area contributed by atoms with Gasteiger partial charge in [0, 0.05) is 22.2 Å². The minimum absolute atomic E-state index is 0.670. The number of nitrogens with one attached hydrogen (secondary N) is 1. The predicted octanol–water partition coefficient (Wildman–Crippen LogP) is 5.63. The van der Waals surface area contributed by atoms with Crippen LogP contribution < -0.4 is 0 Å². The third-order valence-electron chi connectivity index (χ3n) is 4.26.